The monoisotopic (exact) mass is 676 g/mol. The van der Waals surface area contributed by atoms with Gasteiger partial charge in [0.25, 0.3) is 11.8 Å². The van der Waals surface area contributed by atoms with Crippen LogP contribution < -0.4 is 15.8 Å². The average Bonchev–Trinajstić information content (AvgIpc) is 3.56. The Morgan fingerprint density at radius 2 is 1.79 bits per heavy atom. The van der Waals surface area contributed by atoms with Gasteiger partial charge in [0.1, 0.15) is 23.6 Å². The highest BCUT2D eigenvalue weighted by molar-refractivity contribution is 5.98. The van der Waals surface area contributed by atoms with E-state index in [1.807, 2.05) is 4.90 Å². The van der Waals surface area contributed by atoms with Crippen molar-refractivity contribution in [2.45, 2.75) is 56.5 Å². The molecule has 19 heteroatoms. The molecule has 0 aliphatic carbocycles. The lowest BCUT2D eigenvalue weighted by atomic mass is 9.96. The summed E-state index contributed by atoms with van der Waals surface area (Å²) in [7, 11) is 1.23. The Hall–Kier alpha value is -4.26. The van der Waals surface area contributed by atoms with Gasteiger partial charge in [0.15, 0.2) is 5.82 Å². The Morgan fingerprint density at radius 3 is 2.40 bits per heavy atom. The zero-order chi connectivity index (χ0) is 34.5. The third-order valence-corrected chi connectivity index (χ3v) is 8.51. The van der Waals surface area contributed by atoms with Gasteiger partial charge in [-0.25, -0.2) is 18.9 Å². The van der Waals surface area contributed by atoms with Gasteiger partial charge in [-0.15, -0.1) is 0 Å². The van der Waals surface area contributed by atoms with Crippen LogP contribution in [0.15, 0.2) is 24.7 Å². The van der Waals surface area contributed by atoms with E-state index in [0.717, 1.165) is 0 Å². The number of pyridine rings is 1. The number of nitrogens with one attached hydrogen (secondary N) is 1. The quantitative estimate of drug-likeness (QED) is 0.321. The van der Waals surface area contributed by atoms with Crippen molar-refractivity contribution >= 4 is 23.1 Å². The van der Waals surface area contributed by atoms with Crippen LogP contribution >= 0.6 is 0 Å². The number of halogens is 7. The van der Waals surface area contributed by atoms with Crippen molar-refractivity contribution in [3.63, 3.8) is 0 Å². The number of likely N-dealkylation sites (tertiary alicyclic amines) is 2. The van der Waals surface area contributed by atoms with E-state index in [1.165, 1.54) is 30.2 Å². The van der Waals surface area contributed by atoms with Crippen LogP contribution in [0.25, 0.3) is 16.8 Å². The number of ether oxygens (including phenoxy) is 1. The van der Waals surface area contributed by atoms with Crippen LogP contribution in [-0.2, 0) is 11.3 Å². The number of amides is 2. The molecule has 2 saturated heterocycles. The van der Waals surface area contributed by atoms with Crippen molar-refractivity contribution < 1.29 is 50.2 Å². The molecule has 2 amide bonds. The molecule has 0 aromatic carbocycles. The fraction of sp³-hybridized carbons (Fsp3) is 0.536. The van der Waals surface area contributed by atoms with Crippen molar-refractivity contribution in [3.8, 4) is 17.1 Å². The molecule has 3 aromatic rings. The molecule has 5 rings (SSSR count). The summed E-state index contributed by atoms with van der Waals surface area (Å²) in [5, 5.41) is 16.4. The molecule has 12 nitrogen and oxygen atoms in total. The Labute approximate surface area is 262 Å². The van der Waals surface area contributed by atoms with Crippen molar-refractivity contribution in [2.24, 2.45) is 5.92 Å². The van der Waals surface area contributed by atoms with Gasteiger partial charge in [0.2, 0.25) is 11.5 Å². The molecular formula is C28H31F7N8O4. The summed E-state index contributed by atoms with van der Waals surface area (Å²) in [6.45, 7) is -0.533. The Kier molecular flexibility index (Phi) is 8.99. The van der Waals surface area contributed by atoms with Crippen LogP contribution in [-0.4, -0.2) is 110 Å². The third kappa shape index (κ3) is 6.63. The Balaban J connectivity index is 1.39. The van der Waals surface area contributed by atoms with E-state index >= 15 is 0 Å². The number of nitrogens with two attached hydrogens (primary N) is 1. The van der Waals surface area contributed by atoms with Gasteiger partial charge in [0, 0.05) is 24.8 Å². The molecule has 2 aliphatic rings. The molecule has 3 atom stereocenters. The number of methoxy groups -OCH3 is 1. The fourth-order valence-corrected chi connectivity index (χ4v) is 5.79. The first kappa shape index (κ1) is 34.1. The number of hydrogen-bond donors (Lipinski definition) is 3. The van der Waals surface area contributed by atoms with Crippen molar-refractivity contribution in [2.75, 3.05) is 39.0 Å². The van der Waals surface area contributed by atoms with Crippen LogP contribution in [0.5, 0.6) is 5.88 Å². The Morgan fingerprint density at radius 1 is 1.11 bits per heavy atom. The van der Waals surface area contributed by atoms with Crippen LogP contribution in [0.2, 0.25) is 0 Å². The molecule has 0 spiro atoms. The van der Waals surface area contributed by atoms with Gasteiger partial charge in [-0.3, -0.25) is 14.5 Å². The summed E-state index contributed by atoms with van der Waals surface area (Å²) in [6.07, 6.45) is -9.07. The molecule has 0 unspecified atom stereocenters. The second-order valence-electron chi connectivity index (χ2n) is 11.7. The SMILES string of the molecule is COc1ncc(-c2cc(CN3CCC(C(F)(F)F)CC3)c3c(N)ncnn23)cc1C(=O)N[C@@H]1CN(C(=O)[C@@](C)(O)C(F)(F)F)C[C@@H]1F. The number of nitrogen functional groups attached to an aromatic ring is 1. The van der Waals surface area contributed by atoms with Gasteiger partial charge < -0.3 is 25.8 Å². The molecule has 5 heterocycles. The van der Waals surface area contributed by atoms with E-state index in [-0.39, 0.29) is 56.7 Å². The minimum atomic E-state index is -5.31. The molecule has 4 N–H and O–H groups in total. The highest BCUT2D eigenvalue weighted by Gasteiger charge is 2.58. The van der Waals surface area contributed by atoms with E-state index in [2.05, 4.69) is 20.4 Å². The summed E-state index contributed by atoms with van der Waals surface area (Å²) in [6, 6.07) is 1.63. The molecule has 0 radical (unpaired) electrons. The molecule has 3 aromatic heterocycles. The van der Waals surface area contributed by atoms with E-state index in [9.17, 15) is 45.4 Å². The van der Waals surface area contributed by atoms with Gasteiger partial charge in [0.05, 0.1) is 31.3 Å². The molecule has 0 saturated carbocycles. The largest absolute Gasteiger partial charge is 0.480 e. The highest BCUT2D eigenvalue weighted by atomic mass is 19.4. The van der Waals surface area contributed by atoms with Crippen molar-refractivity contribution in [1.29, 1.82) is 0 Å². The summed E-state index contributed by atoms with van der Waals surface area (Å²) >= 11 is 0. The first-order valence-corrected chi connectivity index (χ1v) is 14.4. The van der Waals surface area contributed by atoms with Gasteiger partial charge in [-0.1, -0.05) is 0 Å². The molecular weight excluding hydrogens is 645 g/mol. The molecule has 0 bridgehead atoms. The summed E-state index contributed by atoms with van der Waals surface area (Å²) in [5.41, 5.74) is 3.93. The number of anilines is 1. The predicted molar refractivity (Wildman–Crippen MR) is 151 cm³/mol. The highest BCUT2D eigenvalue weighted by Crippen LogP contribution is 2.36. The lowest BCUT2D eigenvalue weighted by Gasteiger charge is -2.32. The zero-order valence-electron chi connectivity index (χ0n) is 25.1. The fourth-order valence-electron chi connectivity index (χ4n) is 5.79. The van der Waals surface area contributed by atoms with Crippen LogP contribution in [0.1, 0.15) is 35.7 Å². The predicted octanol–water partition coefficient (Wildman–Crippen LogP) is 2.75. The van der Waals surface area contributed by atoms with Crippen LogP contribution in [0.4, 0.5) is 36.6 Å². The summed E-state index contributed by atoms with van der Waals surface area (Å²) in [4.78, 5) is 36.3. The number of carbonyl (C=O) groups excluding carboxylic acids is 2. The normalized spacial score (nSPS) is 21.2. The molecule has 2 fully saturated rings. The summed E-state index contributed by atoms with van der Waals surface area (Å²) < 4.78 is 101. The second-order valence-corrected chi connectivity index (χ2v) is 11.7. The molecule has 47 heavy (non-hydrogen) atoms. The minimum Gasteiger partial charge on any atom is -0.480 e. The number of aliphatic hydroxyl groups is 1. The van der Waals surface area contributed by atoms with Crippen LogP contribution in [0, 0.1) is 5.92 Å². The van der Waals surface area contributed by atoms with Gasteiger partial charge in [-0.2, -0.15) is 31.4 Å². The topological polar surface area (TPSA) is 151 Å². The number of carbonyl (C=O) groups is 2. The Bertz CT molecular complexity index is 1650. The maximum atomic E-state index is 14.9. The minimum absolute atomic E-state index is 0.0523. The number of hydrogen-bond acceptors (Lipinski definition) is 9. The van der Waals surface area contributed by atoms with Gasteiger partial charge >= 0.3 is 12.4 Å². The van der Waals surface area contributed by atoms with E-state index in [0.29, 0.717) is 27.2 Å². The van der Waals surface area contributed by atoms with Gasteiger partial charge in [-0.05, 0) is 50.6 Å². The number of rotatable bonds is 7. The van der Waals surface area contributed by atoms with Crippen molar-refractivity contribution in [3.05, 3.63) is 35.8 Å². The maximum Gasteiger partial charge on any atom is 0.426 e. The second kappa shape index (κ2) is 12.4. The van der Waals surface area contributed by atoms with Crippen LogP contribution in [0.3, 0.4) is 0 Å². The lowest BCUT2D eigenvalue weighted by Crippen LogP contribution is -2.56. The first-order valence-electron chi connectivity index (χ1n) is 14.4. The smallest absolute Gasteiger partial charge is 0.426 e. The molecule has 256 valence electrons. The number of nitrogens with zero attached hydrogens (tertiary/aromatic N) is 6. The number of piperidine rings is 1. The average molecular weight is 677 g/mol. The molecule has 2 aliphatic heterocycles. The maximum absolute atomic E-state index is 14.9. The third-order valence-electron chi connectivity index (χ3n) is 8.51. The number of aromatic nitrogens is 4. The number of alkyl halides is 7. The van der Waals surface area contributed by atoms with E-state index < -0.39 is 61.0 Å². The van der Waals surface area contributed by atoms with E-state index in [1.54, 1.807) is 6.07 Å². The number of fused-ring (bicyclic) bond motifs is 1. The zero-order valence-corrected chi connectivity index (χ0v) is 25.1. The standard InChI is InChI=1S/C28H31F7N8O4/c1-26(46,28(33,34)35)25(45)42-11-18(29)19(12-42)40-23(44)17-7-14(9-37-24(17)47-2)20-8-15(21-22(36)38-13-39-43(20)21)10-41-5-3-16(4-6-41)27(30,31)32/h7-9,13,16,18-19,46H,3-6,10-12H2,1-2H3,(H,40,44)(H2,36,38,39)/t18-,19+,26+/m0/s1. The van der Waals surface area contributed by atoms with E-state index in [4.69, 9.17) is 10.5 Å². The first-order chi connectivity index (χ1) is 21.9. The summed E-state index contributed by atoms with van der Waals surface area (Å²) in [5.74, 6) is -4.12. The lowest BCUT2D eigenvalue weighted by molar-refractivity contribution is -0.249. The van der Waals surface area contributed by atoms with Crippen molar-refractivity contribution in [1.82, 2.24) is 34.7 Å².